The highest BCUT2D eigenvalue weighted by Gasteiger charge is 2.34. The third kappa shape index (κ3) is 6.11. The lowest BCUT2D eigenvalue weighted by atomic mass is 9.99. The summed E-state index contributed by atoms with van der Waals surface area (Å²) in [5.74, 6) is -1.21. The number of halogens is 4. The molecule has 0 saturated heterocycles. The monoisotopic (exact) mass is 519 g/mol. The number of aromatic nitrogens is 2. The van der Waals surface area contributed by atoms with Crippen LogP contribution in [0.5, 0.6) is 0 Å². The van der Waals surface area contributed by atoms with Gasteiger partial charge in [0.2, 0.25) is 5.91 Å². The molecule has 0 bridgehead atoms. The fraction of sp³-hybridized carbons (Fsp3) is 0.444. The van der Waals surface area contributed by atoms with Crippen molar-refractivity contribution in [1.29, 1.82) is 0 Å². The quantitative estimate of drug-likeness (QED) is 0.285. The van der Waals surface area contributed by atoms with Crippen molar-refractivity contribution < 1.29 is 31.9 Å². The van der Waals surface area contributed by atoms with Gasteiger partial charge in [0.25, 0.3) is 0 Å². The molecule has 0 spiro atoms. The molecule has 1 fully saturated rings. The second-order valence-corrected chi connectivity index (χ2v) is 10.3. The number of fused-ring (bicyclic) bond motifs is 1. The van der Waals surface area contributed by atoms with Gasteiger partial charge in [0.05, 0.1) is 11.1 Å². The van der Waals surface area contributed by atoms with Crippen molar-refractivity contribution in [2.24, 2.45) is 5.92 Å². The van der Waals surface area contributed by atoms with Crippen LogP contribution in [0.4, 0.5) is 17.6 Å². The van der Waals surface area contributed by atoms with Crippen LogP contribution in [0.25, 0.3) is 22.2 Å². The predicted octanol–water partition coefficient (Wildman–Crippen LogP) is 5.96. The van der Waals surface area contributed by atoms with Gasteiger partial charge in [-0.15, -0.1) is 0 Å². The van der Waals surface area contributed by atoms with Crippen molar-refractivity contribution in [3.63, 3.8) is 0 Å². The summed E-state index contributed by atoms with van der Waals surface area (Å²) in [5.41, 5.74) is -0.373. The van der Waals surface area contributed by atoms with Crippen molar-refractivity contribution >= 4 is 22.8 Å². The van der Waals surface area contributed by atoms with E-state index in [0.717, 1.165) is 25.0 Å². The summed E-state index contributed by atoms with van der Waals surface area (Å²) in [5, 5.41) is 4.65. The molecule has 0 N–H and O–H groups in total. The van der Waals surface area contributed by atoms with Gasteiger partial charge in [-0.25, -0.2) is 4.39 Å². The predicted molar refractivity (Wildman–Crippen MR) is 130 cm³/mol. The highest BCUT2D eigenvalue weighted by molar-refractivity contribution is 5.95. The van der Waals surface area contributed by atoms with Crippen molar-refractivity contribution in [1.82, 2.24) is 14.7 Å². The number of benzene rings is 2. The number of carbonyl (C=O) groups excluding carboxylic acids is 2. The van der Waals surface area contributed by atoms with Crippen molar-refractivity contribution in [2.75, 3.05) is 6.54 Å². The number of amides is 1. The summed E-state index contributed by atoms with van der Waals surface area (Å²) in [6.45, 7) is 7.10. The zero-order valence-electron chi connectivity index (χ0n) is 21.2. The Bertz CT molecular complexity index is 1340. The smallest absolute Gasteiger partial charge is 0.416 e. The molecule has 4 rings (SSSR count). The lowest BCUT2D eigenvalue weighted by Crippen LogP contribution is -2.31. The highest BCUT2D eigenvalue weighted by Crippen LogP contribution is 2.37. The SMILES string of the molecule is CCN(Cc1cc(F)ccc1-c1nn(CC(=O)OC(C)(C)C)c2ccc(C(F)(F)F)cc12)C(=O)C1CC1. The molecule has 0 atom stereocenters. The molecule has 198 valence electrons. The molecule has 6 nitrogen and oxygen atoms in total. The molecule has 37 heavy (non-hydrogen) atoms. The maximum atomic E-state index is 14.3. The van der Waals surface area contributed by atoms with Gasteiger partial charge >= 0.3 is 12.1 Å². The fourth-order valence-corrected chi connectivity index (χ4v) is 4.23. The van der Waals surface area contributed by atoms with E-state index in [9.17, 15) is 27.2 Å². The molecule has 1 saturated carbocycles. The molecule has 1 amide bonds. The van der Waals surface area contributed by atoms with Gasteiger partial charge in [-0.1, -0.05) is 0 Å². The summed E-state index contributed by atoms with van der Waals surface area (Å²) in [4.78, 5) is 26.9. The van der Waals surface area contributed by atoms with Crippen LogP contribution in [0.3, 0.4) is 0 Å². The Balaban J connectivity index is 1.83. The third-order valence-corrected chi connectivity index (χ3v) is 6.08. The largest absolute Gasteiger partial charge is 0.459 e. The first-order chi connectivity index (χ1) is 17.3. The van der Waals surface area contributed by atoms with Crippen LogP contribution in [0.2, 0.25) is 0 Å². The minimum atomic E-state index is -4.60. The van der Waals surface area contributed by atoms with Crippen LogP contribution in [0.1, 0.15) is 51.7 Å². The van der Waals surface area contributed by atoms with E-state index in [0.29, 0.717) is 23.2 Å². The maximum absolute atomic E-state index is 14.3. The number of esters is 1. The van der Waals surface area contributed by atoms with Crippen LogP contribution < -0.4 is 0 Å². The van der Waals surface area contributed by atoms with Crippen LogP contribution in [-0.2, 0) is 33.6 Å². The van der Waals surface area contributed by atoms with Crippen molar-refractivity contribution in [2.45, 2.75) is 65.4 Å². The standard InChI is InChI=1S/C27H29F4N3O3/c1-5-33(25(36)16-6-7-16)14-17-12-19(28)9-10-20(17)24-21-13-18(27(29,30)31)8-11-22(21)34(32-24)15-23(35)37-26(2,3)4/h8-13,16H,5-7,14-15H2,1-4H3. The molecule has 3 aromatic rings. The first kappa shape index (κ1) is 26.6. The van der Waals surface area contributed by atoms with Crippen molar-refractivity contribution in [3.05, 3.63) is 53.3 Å². The Morgan fingerprint density at radius 1 is 1.11 bits per heavy atom. The van der Waals surface area contributed by atoms with E-state index in [4.69, 9.17) is 4.74 Å². The van der Waals surface area contributed by atoms with Gasteiger partial charge in [0.15, 0.2) is 0 Å². The van der Waals surface area contributed by atoms with E-state index in [1.165, 1.54) is 28.9 Å². The number of hydrogen-bond acceptors (Lipinski definition) is 4. The highest BCUT2D eigenvalue weighted by atomic mass is 19.4. The lowest BCUT2D eigenvalue weighted by molar-refractivity contribution is -0.155. The van der Waals surface area contributed by atoms with Gasteiger partial charge < -0.3 is 9.64 Å². The zero-order valence-corrected chi connectivity index (χ0v) is 21.2. The Morgan fingerprint density at radius 2 is 1.81 bits per heavy atom. The average molecular weight is 520 g/mol. The van der Waals surface area contributed by atoms with E-state index in [1.807, 2.05) is 6.92 Å². The van der Waals surface area contributed by atoms with Gasteiger partial charge in [0.1, 0.15) is 23.7 Å². The maximum Gasteiger partial charge on any atom is 0.416 e. The molecule has 0 radical (unpaired) electrons. The molecule has 1 aliphatic carbocycles. The van der Waals surface area contributed by atoms with Gasteiger partial charge in [0, 0.05) is 30.0 Å². The molecule has 0 aliphatic heterocycles. The minimum Gasteiger partial charge on any atom is -0.459 e. The summed E-state index contributed by atoms with van der Waals surface area (Å²) in [6.07, 6.45) is -2.98. The van der Waals surface area contributed by atoms with Gasteiger partial charge in [-0.05, 0) is 82.5 Å². The summed E-state index contributed by atoms with van der Waals surface area (Å²) < 4.78 is 61.7. The van der Waals surface area contributed by atoms with Crippen LogP contribution in [0, 0.1) is 11.7 Å². The molecule has 2 aromatic carbocycles. The normalized spacial score (nSPS) is 14.2. The van der Waals surface area contributed by atoms with E-state index in [1.54, 1.807) is 25.7 Å². The van der Waals surface area contributed by atoms with Crippen LogP contribution in [0.15, 0.2) is 36.4 Å². The fourth-order valence-electron chi connectivity index (χ4n) is 4.23. The van der Waals surface area contributed by atoms with Crippen LogP contribution >= 0.6 is 0 Å². The van der Waals surface area contributed by atoms with Crippen LogP contribution in [-0.4, -0.2) is 38.7 Å². The van der Waals surface area contributed by atoms with Gasteiger partial charge in [-0.2, -0.15) is 18.3 Å². The Kier molecular flexibility index (Phi) is 7.05. The molecule has 10 heteroatoms. The van der Waals surface area contributed by atoms with E-state index in [2.05, 4.69) is 5.10 Å². The molecule has 1 heterocycles. The number of ether oxygens (including phenoxy) is 1. The summed E-state index contributed by atoms with van der Waals surface area (Å²) >= 11 is 0. The molecular formula is C27H29F4N3O3. The first-order valence-electron chi connectivity index (χ1n) is 12.1. The lowest BCUT2D eigenvalue weighted by Gasteiger charge is -2.22. The van der Waals surface area contributed by atoms with Gasteiger partial charge in [-0.3, -0.25) is 14.3 Å². The minimum absolute atomic E-state index is 0.0302. The Hall–Kier alpha value is -3.43. The Labute approximate surface area is 212 Å². The topological polar surface area (TPSA) is 64.4 Å². The number of nitrogens with zero attached hydrogens (tertiary/aromatic N) is 3. The second-order valence-electron chi connectivity index (χ2n) is 10.3. The number of alkyl halides is 3. The second kappa shape index (κ2) is 9.79. The third-order valence-electron chi connectivity index (χ3n) is 6.08. The van der Waals surface area contributed by atoms with E-state index < -0.39 is 29.1 Å². The Morgan fingerprint density at radius 3 is 2.41 bits per heavy atom. The van der Waals surface area contributed by atoms with E-state index >= 15 is 0 Å². The molecule has 1 aromatic heterocycles. The molecule has 1 aliphatic rings. The number of rotatable bonds is 7. The molecular weight excluding hydrogens is 490 g/mol. The number of carbonyl (C=O) groups is 2. The van der Waals surface area contributed by atoms with E-state index in [-0.39, 0.29) is 36.0 Å². The molecule has 0 unspecified atom stereocenters. The van der Waals surface area contributed by atoms with Crippen molar-refractivity contribution in [3.8, 4) is 11.3 Å². The summed E-state index contributed by atoms with van der Waals surface area (Å²) in [7, 11) is 0. The number of hydrogen-bond donors (Lipinski definition) is 0. The first-order valence-corrected chi connectivity index (χ1v) is 12.1. The summed E-state index contributed by atoms with van der Waals surface area (Å²) in [6, 6.07) is 7.08. The average Bonchev–Trinajstić information content (AvgIpc) is 3.58. The zero-order chi connectivity index (χ0) is 27.1.